The van der Waals surface area contributed by atoms with E-state index in [1.165, 1.54) is 6.33 Å². The topological polar surface area (TPSA) is 148 Å². The molecule has 1 aliphatic rings. The van der Waals surface area contributed by atoms with Crippen molar-refractivity contribution in [3.05, 3.63) is 54.5 Å². The van der Waals surface area contributed by atoms with Crippen LogP contribution in [0.1, 0.15) is 64.0 Å². The van der Waals surface area contributed by atoms with Gasteiger partial charge in [-0.1, -0.05) is 38.8 Å². The van der Waals surface area contributed by atoms with Crippen LogP contribution in [0.25, 0.3) is 21.9 Å². The summed E-state index contributed by atoms with van der Waals surface area (Å²) in [5.41, 5.74) is 8.05. The van der Waals surface area contributed by atoms with E-state index in [9.17, 15) is 15.0 Å². The van der Waals surface area contributed by atoms with Crippen molar-refractivity contribution in [1.29, 1.82) is 0 Å². The molecule has 10 heteroatoms. The van der Waals surface area contributed by atoms with Crippen molar-refractivity contribution in [2.45, 2.75) is 77.0 Å². The Morgan fingerprint density at radius 3 is 2.80 bits per heavy atom. The highest BCUT2D eigenvalue weighted by Crippen LogP contribution is 2.50. The van der Waals surface area contributed by atoms with Crippen LogP contribution in [0.15, 0.2) is 48.9 Å². The van der Waals surface area contributed by atoms with Crippen molar-refractivity contribution in [2.24, 2.45) is 5.41 Å². The van der Waals surface area contributed by atoms with Crippen LogP contribution in [0, 0.1) is 5.41 Å². The van der Waals surface area contributed by atoms with E-state index < -0.39 is 23.7 Å². The summed E-state index contributed by atoms with van der Waals surface area (Å²) in [6, 6.07) is 11.3. The van der Waals surface area contributed by atoms with Crippen molar-refractivity contribution in [3.63, 3.8) is 0 Å². The molecule has 1 aliphatic carbocycles. The van der Waals surface area contributed by atoms with Gasteiger partial charge in [0, 0.05) is 17.0 Å². The molecule has 5 rings (SSSR count). The quantitative estimate of drug-likeness (QED) is 0.203. The highest BCUT2D eigenvalue weighted by Gasteiger charge is 2.52. The molecule has 0 unspecified atom stereocenters. The van der Waals surface area contributed by atoms with Gasteiger partial charge in [-0.15, -0.1) is 0 Å². The Labute approximate surface area is 233 Å². The van der Waals surface area contributed by atoms with E-state index in [2.05, 4.69) is 40.2 Å². The summed E-state index contributed by atoms with van der Waals surface area (Å²) < 4.78 is 7.16. The number of ether oxygens (including phenoxy) is 1. The second-order valence-corrected chi connectivity index (χ2v) is 10.8. The number of aryl methyl sites for hydroxylation is 1. The van der Waals surface area contributed by atoms with E-state index in [0.717, 1.165) is 47.5 Å². The largest absolute Gasteiger partial charge is 0.449 e. The van der Waals surface area contributed by atoms with E-state index in [0.29, 0.717) is 43.2 Å². The first-order valence-electron chi connectivity index (χ1n) is 14.1. The molecule has 3 heterocycles. The molecule has 4 aromatic rings. The number of hydrogen-bond donors (Lipinski definition) is 4. The zero-order chi connectivity index (χ0) is 28.3. The summed E-state index contributed by atoms with van der Waals surface area (Å²) in [5, 5.41) is 26.8. The highest BCUT2D eigenvalue weighted by atomic mass is 16.5. The molecule has 4 atom stereocenters. The number of benzene rings is 1. The first kappa shape index (κ1) is 27.8. The Morgan fingerprint density at radius 2 is 2.00 bits per heavy atom. The van der Waals surface area contributed by atoms with Gasteiger partial charge < -0.3 is 25.3 Å². The molecule has 40 heavy (non-hydrogen) atoms. The fraction of sp³-hybridized carbons (Fsp3) is 0.467. The molecule has 5 N–H and O–H groups in total. The van der Waals surface area contributed by atoms with Crippen molar-refractivity contribution in [2.75, 3.05) is 17.7 Å². The number of carbonyl (C=O) groups excluding carboxylic acids is 1. The van der Waals surface area contributed by atoms with Gasteiger partial charge in [-0.2, -0.15) is 0 Å². The SMILES string of the molecule is CCCCCOC(=O)Nc1ccc2ccc(CC[C@@]3(CC)C[C@@H](n4ccc5c(N)ncnc54)[C@H](O)[C@@H]3O)cc2n1. The molecule has 0 saturated heterocycles. The smallest absolute Gasteiger partial charge is 0.412 e. The normalized spacial score (nSPS) is 22.6. The lowest BCUT2D eigenvalue weighted by molar-refractivity contribution is -0.0324. The average Bonchev–Trinajstić information content (AvgIpc) is 3.50. The van der Waals surface area contributed by atoms with Crippen molar-refractivity contribution < 1.29 is 19.7 Å². The van der Waals surface area contributed by atoms with Gasteiger partial charge in [0.15, 0.2) is 0 Å². The van der Waals surface area contributed by atoms with Crippen LogP contribution in [-0.4, -0.2) is 54.6 Å². The number of nitrogens with one attached hydrogen (secondary N) is 1. The van der Waals surface area contributed by atoms with Crippen LogP contribution in [0.2, 0.25) is 0 Å². The minimum Gasteiger partial charge on any atom is -0.449 e. The number of nitrogens with two attached hydrogens (primary N) is 1. The molecule has 0 spiro atoms. The Bertz CT molecular complexity index is 1490. The standard InChI is InChI=1S/C30H38N6O4/c1-3-5-6-15-40-29(39)35-24-10-9-20-8-7-19(16-22(20)34-24)11-13-30(4-2)17-23(25(37)26(30)38)36-14-12-21-27(31)32-18-33-28(21)36/h7-10,12,14,16,18,23,25-26,37-38H,3-6,11,13,15,17H2,1-2H3,(H2,31,32,33)(H,34,35,39)/t23-,25+,26+,30+/m1/s1. The van der Waals surface area contributed by atoms with Gasteiger partial charge in [0.2, 0.25) is 0 Å². The number of amides is 1. The number of anilines is 2. The number of carbonyl (C=O) groups is 1. The number of aliphatic hydroxyl groups excluding tert-OH is 2. The fourth-order valence-corrected chi connectivity index (χ4v) is 5.97. The Balaban J connectivity index is 1.29. The fourth-order valence-electron chi connectivity index (χ4n) is 5.97. The molecule has 0 bridgehead atoms. The van der Waals surface area contributed by atoms with Gasteiger partial charge in [-0.3, -0.25) is 5.32 Å². The predicted molar refractivity (Wildman–Crippen MR) is 155 cm³/mol. The lowest BCUT2D eigenvalue weighted by Crippen LogP contribution is -2.36. The molecular formula is C30H38N6O4. The Hall–Kier alpha value is -3.76. The number of pyridine rings is 1. The van der Waals surface area contributed by atoms with Crippen molar-refractivity contribution in [1.82, 2.24) is 19.5 Å². The van der Waals surface area contributed by atoms with Gasteiger partial charge in [0.25, 0.3) is 0 Å². The Kier molecular flexibility index (Phi) is 8.18. The number of unbranched alkanes of at least 4 members (excludes halogenated alkanes) is 2. The van der Waals surface area contributed by atoms with Crippen LogP contribution in [0.5, 0.6) is 0 Å². The van der Waals surface area contributed by atoms with Crippen LogP contribution >= 0.6 is 0 Å². The number of nitrogen functional groups attached to an aromatic ring is 1. The van der Waals surface area contributed by atoms with Gasteiger partial charge in [0.1, 0.15) is 29.7 Å². The molecule has 0 aliphatic heterocycles. The molecule has 212 valence electrons. The van der Waals surface area contributed by atoms with Gasteiger partial charge in [-0.25, -0.2) is 19.7 Å². The molecule has 0 radical (unpaired) electrons. The number of aromatic nitrogens is 4. The van der Waals surface area contributed by atoms with Crippen LogP contribution in [-0.2, 0) is 11.2 Å². The van der Waals surface area contributed by atoms with Crippen LogP contribution < -0.4 is 11.1 Å². The number of hydrogen-bond acceptors (Lipinski definition) is 8. The molecular weight excluding hydrogens is 508 g/mol. The van der Waals surface area contributed by atoms with Crippen molar-refractivity contribution >= 4 is 39.7 Å². The second kappa shape index (κ2) is 11.8. The third kappa shape index (κ3) is 5.46. The van der Waals surface area contributed by atoms with E-state index >= 15 is 0 Å². The molecule has 1 amide bonds. The maximum atomic E-state index is 12.1. The molecule has 3 aromatic heterocycles. The van der Waals surface area contributed by atoms with Crippen molar-refractivity contribution in [3.8, 4) is 0 Å². The van der Waals surface area contributed by atoms with E-state index in [1.54, 1.807) is 6.07 Å². The summed E-state index contributed by atoms with van der Waals surface area (Å²) >= 11 is 0. The number of nitrogens with zero attached hydrogens (tertiary/aromatic N) is 4. The summed E-state index contributed by atoms with van der Waals surface area (Å²) in [5.74, 6) is 0.835. The zero-order valence-corrected chi connectivity index (χ0v) is 23.1. The maximum absolute atomic E-state index is 12.1. The lowest BCUT2D eigenvalue weighted by Gasteiger charge is -2.32. The average molecular weight is 547 g/mol. The second-order valence-electron chi connectivity index (χ2n) is 10.8. The summed E-state index contributed by atoms with van der Waals surface area (Å²) in [4.78, 5) is 25.2. The van der Waals surface area contributed by atoms with E-state index in [-0.39, 0.29) is 6.04 Å². The summed E-state index contributed by atoms with van der Waals surface area (Å²) in [6.45, 7) is 4.55. The molecule has 1 fully saturated rings. The first-order valence-corrected chi connectivity index (χ1v) is 14.1. The molecule has 10 nitrogen and oxygen atoms in total. The van der Waals surface area contributed by atoms with E-state index in [1.807, 2.05) is 35.0 Å². The summed E-state index contributed by atoms with van der Waals surface area (Å²) in [7, 11) is 0. The van der Waals surface area contributed by atoms with Gasteiger partial charge in [-0.05, 0) is 61.9 Å². The zero-order valence-electron chi connectivity index (χ0n) is 23.1. The third-order valence-electron chi connectivity index (χ3n) is 8.44. The first-order chi connectivity index (χ1) is 19.3. The highest BCUT2D eigenvalue weighted by molar-refractivity contribution is 5.87. The minimum absolute atomic E-state index is 0.324. The molecule has 1 aromatic carbocycles. The monoisotopic (exact) mass is 546 g/mol. The minimum atomic E-state index is -0.930. The Morgan fingerprint density at radius 1 is 1.18 bits per heavy atom. The number of rotatable bonds is 10. The number of fused-ring (bicyclic) bond motifs is 2. The predicted octanol–water partition coefficient (Wildman–Crippen LogP) is 5.00. The number of aliphatic hydroxyl groups is 2. The van der Waals surface area contributed by atoms with Gasteiger partial charge in [0.05, 0.1) is 29.7 Å². The van der Waals surface area contributed by atoms with Crippen LogP contribution in [0.4, 0.5) is 16.4 Å². The van der Waals surface area contributed by atoms with E-state index in [4.69, 9.17) is 10.5 Å². The molecule has 1 saturated carbocycles. The maximum Gasteiger partial charge on any atom is 0.412 e. The lowest BCUT2D eigenvalue weighted by atomic mass is 9.76. The third-order valence-corrected chi connectivity index (χ3v) is 8.44. The van der Waals surface area contributed by atoms with Gasteiger partial charge >= 0.3 is 6.09 Å². The summed E-state index contributed by atoms with van der Waals surface area (Å²) in [6.07, 6.45) is 6.64. The van der Waals surface area contributed by atoms with Crippen LogP contribution in [0.3, 0.4) is 0 Å².